The lowest BCUT2D eigenvalue weighted by atomic mass is 10.2. The molecule has 3 N–H and O–H groups in total. The van der Waals surface area contributed by atoms with Gasteiger partial charge in [0.25, 0.3) is 0 Å². The number of benzene rings is 1. The van der Waals surface area contributed by atoms with Crippen LogP contribution in [0.2, 0.25) is 0 Å². The summed E-state index contributed by atoms with van der Waals surface area (Å²) >= 11 is 0. The van der Waals surface area contributed by atoms with Gasteiger partial charge in [0.15, 0.2) is 0 Å². The molecule has 3 rings (SSSR count). The van der Waals surface area contributed by atoms with Crippen molar-refractivity contribution in [2.75, 3.05) is 18.8 Å². The summed E-state index contributed by atoms with van der Waals surface area (Å²) in [6.45, 7) is 3.26. The molecule has 1 fully saturated rings. The van der Waals surface area contributed by atoms with E-state index in [0.29, 0.717) is 35.0 Å². The number of hydrogen-bond donors (Lipinski definition) is 2. The largest absolute Gasteiger partial charge is 0.399 e. The first-order chi connectivity index (χ1) is 8.98. The maximum absolute atomic E-state index is 12.6. The number of nitrogens with one attached hydrogen (secondary N) is 1. The number of fused-ring (bicyclic) bond motifs is 1. The minimum atomic E-state index is -3.43. The van der Waals surface area contributed by atoms with Crippen molar-refractivity contribution in [2.24, 2.45) is 5.92 Å². The highest BCUT2D eigenvalue weighted by molar-refractivity contribution is 7.89. The van der Waals surface area contributed by atoms with Crippen LogP contribution in [0, 0.1) is 5.92 Å². The number of nitrogens with zero attached hydrogens (tertiary/aromatic N) is 1. The fraction of sp³-hybridized carbons (Fsp3) is 0.385. The molecule has 1 aromatic carbocycles. The Bertz CT molecular complexity index is 721. The van der Waals surface area contributed by atoms with Crippen molar-refractivity contribution in [1.29, 1.82) is 0 Å². The van der Waals surface area contributed by atoms with E-state index in [2.05, 4.69) is 11.9 Å². The third kappa shape index (κ3) is 2.01. The molecule has 1 aliphatic rings. The molecule has 1 unspecified atom stereocenters. The van der Waals surface area contributed by atoms with Crippen LogP contribution in [-0.4, -0.2) is 30.8 Å². The maximum atomic E-state index is 12.6. The Balaban J connectivity index is 2.11. The summed E-state index contributed by atoms with van der Waals surface area (Å²) in [4.78, 5) is 3.32. The van der Waals surface area contributed by atoms with E-state index in [1.165, 1.54) is 0 Å². The van der Waals surface area contributed by atoms with E-state index in [9.17, 15) is 8.42 Å². The van der Waals surface area contributed by atoms with E-state index >= 15 is 0 Å². The molecule has 0 aliphatic carbocycles. The summed E-state index contributed by atoms with van der Waals surface area (Å²) in [5.41, 5.74) is 7.11. The number of anilines is 1. The summed E-state index contributed by atoms with van der Waals surface area (Å²) in [5, 5.41) is 0.666. The predicted octanol–water partition coefficient (Wildman–Crippen LogP) is 1.78. The second kappa shape index (κ2) is 4.25. The van der Waals surface area contributed by atoms with Crippen LogP contribution in [0.5, 0.6) is 0 Å². The second-order valence-corrected chi connectivity index (χ2v) is 7.12. The summed E-state index contributed by atoms with van der Waals surface area (Å²) in [6, 6.07) is 5.27. The molecular weight excluding hydrogens is 262 g/mol. The van der Waals surface area contributed by atoms with Crippen LogP contribution >= 0.6 is 0 Å². The molecule has 2 heterocycles. The molecule has 1 saturated heterocycles. The molecule has 1 aromatic heterocycles. The van der Waals surface area contributed by atoms with Crippen LogP contribution in [0.25, 0.3) is 10.9 Å². The van der Waals surface area contributed by atoms with Gasteiger partial charge in [-0.05, 0) is 30.5 Å². The molecule has 0 radical (unpaired) electrons. The van der Waals surface area contributed by atoms with Gasteiger partial charge in [-0.2, -0.15) is 4.31 Å². The van der Waals surface area contributed by atoms with Crippen molar-refractivity contribution in [1.82, 2.24) is 9.29 Å². The van der Waals surface area contributed by atoms with E-state index in [1.807, 2.05) is 0 Å². The molecule has 0 amide bonds. The lowest BCUT2D eigenvalue weighted by molar-refractivity contribution is 0.465. The molecule has 6 heteroatoms. The quantitative estimate of drug-likeness (QED) is 0.822. The van der Waals surface area contributed by atoms with E-state index in [1.54, 1.807) is 28.7 Å². The minimum Gasteiger partial charge on any atom is -0.399 e. The zero-order valence-corrected chi connectivity index (χ0v) is 11.6. The zero-order chi connectivity index (χ0) is 13.6. The molecule has 19 heavy (non-hydrogen) atoms. The highest BCUT2D eigenvalue weighted by Gasteiger charge is 2.32. The minimum absolute atomic E-state index is 0.323. The lowest BCUT2D eigenvalue weighted by Crippen LogP contribution is -2.28. The summed E-state index contributed by atoms with van der Waals surface area (Å²) < 4.78 is 26.8. The van der Waals surface area contributed by atoms with Gasteiger partial charge in [-0.15, -0.1) is 0 Å². The van der Waals surface area contributed by atoms with Gasteiger partial charge in [0.1, 0.15) is 4.90 Å². The van der Waals surface area contributed by atoms with E-state index in [0.717, 1.165) is 11.9 Å². The second-order valence-electron chi connectivity index (χ2n) is 5.21. The van der Waals surface area contributed by atoms with Crippen LogP contribution in [0.3, 0.4) is 0 Å². The first-order valence-corrected chi connectivity index (χ1v) is 7.79. The standard InChI is InChI=1S/C13H17N3O2S/c1-9-4-5-16(8-9)19(17,18)13-7-15-12-3-2-10(14)6-11(12)13/h2-3,6-7,9,15H,4-5,8,14H2,1H3. The zero-order valence-electron chi connectivity index (χ0n) is 10.8. The highest BCUT2D eigenvalue weighted by atomic mass is 32.2. The van der Waals surface area contributed by atoms with Gasteiger partial charge >= 0.3 is 0 Å². The average Bonchev–Trinajstić information content (AvgIpc) is 2.95. The normalized spacial score (nSPS) is 21.2. The third-order valence-corrected chi connectivity index (χ3v) is 5.58. The fourth-order valence-electron chi connectivity index (χ4n) is 2.58. The Labute approximate surface area is 112 Å². The highest BCUT2D eigenvalue weighted by Crippen LogP contribution is 2.30. The maximum Gasteiger partial charge on any atom is 0.245 e. The van der Waals surface area contributed by atoms with E-state index < -0.39 is 10.0 Å². The number of sulfonamides is 1. The molecule has 102 valence electrons. The predicted molar refractivity (Wildman–Crippen MR) is 75.3 cm³/mol. The molecule has 0 bridgehead atoms. The van der Waals surface area contributed by atoms with Crippen LogP contribution < -0.4 is 5.73 Å². The van der Waals surface area contributed by atoms with Crippen molar-refractivity contribution in [2.45, 2.75) is 18.2 Å². The molecule has 0 spiro atoms. The number of nitrogen functional groups attached to an aromatic ring is 1. The van der Waals surface area contributed by atoms with Crippen LogP contribution in [-0.2, 0) is 10.0 Å². The summed E-state index contributed by atoms with van der Waals surface area (Å²) in [7, 11) is -3.43. The van der Waals surface area contributed by atoms with Crippen molar-refractivity contribution in [3.63, 3.8) is 0 Å². The van der Waals surface area contributed by atoms with Crippen molar-refractivity contribution < 1.29 is 8.42 Å². The monoisotopic (exact) mass is 279 g/mol. The van der Waals surface area contributed by atoms with E-state index in [-0.39, 0.29) is 0 Å². The van der Waals surface area contributed by atoms with Gasteiger partial charge in [0.2, 0.25) is 10.0 Å². The Morgan fingerprint density at radius 3 is 2.89 bits per heavy atom. The van der Waals surface area contributed by atoms with Gasteiger partial charge in [0.05, 0.1) is 0 Å². The molecule has 2 aromatic rings. The van der Waals surface area contributed by atoms with Gasteiger partial charge < -0.3 is 10.7 Å². The number of rotatable bonds is 2. The number of hydrogen-bond acceptors (Lipinski definition) is 3. The molecular formula is C13H17N3O2S. The van der Waals surface area contributed by atoms with Crippen molar-refractivity contribution in [3.05, 3.63) is 24.4 Å². The van der Waals surface area contributed by atoms with Gasteiger partial charge in [-0.1, -0.05) is 6.92 Å². The van der Waals surface area contributed by atoms with Gasteiger partial charge in [0, 0.05) is 35.9 Å². The summed E-state index contributed by atoms with van der Waals surface area (Å²) in [6.07, 6.45) is 2.48. The smallest absolute Gasteiger partial charge is 0.245 e. The number of nitrogens with two attached hydrogens (primary N) is 1. The number of H-pyrrole nitrogens is 1. The van der Waals surface area contributed by atoms with Gasteiger partial charge in [-0.3, -0.25) is 0 Å². The van der Waals surface area contributed by atoms with Crippen LogP contribution in [0.15, 0.2) is 29.3 Å². The Morgan fingerprint density at radius 1 is 1.42 bits per heavy atom. The number of aromatic nitrogens is 1. The molecule has 1 aliphatic heterocycles. The Hall–Kier alpha value is -1.53. The number of aromatic amines is 1. The lowest BCUT2D eigenvalue weighted by Gasteiger charge is -2.15. The van der Waals surface area contributed by atoms with Crippen molar-refractivity contribution in [3.8, 4) is 0 Å². The van der Waals surface area contributed by atoms with Crippen LogP contribution in [0.4, 0.5) is 5.69 Å². The molecule has 1 atom stereocenters. The average molecular weight is 279 g/mol. The van der Waals surface area contributed by atoms with E-state index in [4.69, 9.17) is 5.73 Å². The Morgan fingerprint density at radius 2 is 2.21 bits per heavy atom. The fourth-order valence-corrected chi connectivity index (χ4v) is 4.31. The SMILES string of the molecule is CC1CCN(S(=O)(=O)c2c[nH]c3ccc(N)cc23)C1. The van der Waals surface area contributed by atoms with Gasteiger partial charge in [-0.25, -0.2) is 8.42 Å². The third-order valence-electron chi connectivity index (χ3n) is 3.67. The summed E-state index contributed by atoms with van der Waals surface area (Å²) in [5.74, 6) is 0.421. The first kappa shape index (κ1) is 12.5. The van der Waals surface area contributed by atoms with Crippen LogP contribution in [0.1, 0.15) is 13.3 Å². The topological polar surface area (TPSA) is 79.2 Å². The van der Waals surface area contributed by atoms with Crippen molar-refractivity contribution >= 4 is 26.6 Å². The molecule has 0 saturated carbocycles. The first-order valence-electron chi connectivity index (χ1n) is 6.35. The molecule has 5 nitrogen and oxygen atoms in total. The Kier molecular flexibility index (Phi) is 2.79.